The number of ketones is 1. The van der Waals surface area contributed by atoms with Gasteiger partial charge >= 0.3 is 5.97 Å². The number of aromatic nitrogens is 1. The van der Waals surface area contributed by atoms with Gasteiger partial charge in [-0.2, -0.15) is 0 Å². The summed E-state index contributed by atoms with van der Waals surface area (Å²) in [5, 5.41) is 0. The minimum Gasteiger partial charge on any atom is -0.454 e. The Balaban J connectivity index is 1.58. The van der Waals surface area contributed by atoms with E-state index in [0.29, 0.717) is 10.9 Å². The van der Waals surface area contributed by atoms with Gasteiger partial charge in [0.05, 0.1) is 8.66 Å². The van der Waals surface area contributed by atoms with Gasteiger partial charge < -0.3 is 9.30 Å². The fourth-order valence-corrected chi connectivity index (χ4v) is 4.05. The summed E-state index contributed by atoms with van der Waals surface area (Å²) < 4.78 is 8.24. The van der Waals surface area contributed by atoms with Crippen molar-refractivity contribution in [2.75, 3.05) is 6.61 Å². The molecule has 0 saturated heterocycles. The van der Waals surface area contributed by atoms with Crippen molar-refractivity contribution in [1.82, 2.24) is 4.57 Å². The molecule has 1 aliphatic carbocycles. The zero-order valence-corrected chi connectivity index (χ0v) is 15.9. The molecule has 0 atom stereocenters. The molecule has 1 saturated carbocycles. The summed E-state index contributed by atoms with van der Waals surface area (Å²) in [6, 6.07) is 6.20. The van der Waals surface area contributed by atoms with Crippen LogP contribution in [0.25, 0.3) is 6.08 Å². The monoisotopic (exact) mass is 407 g/mol. The number of aryl methyl sites for hydroxylation is 1. The van der Waals surface area contributed by atoms with E-state index >= 15 is 0 Å². The number of rotatable bonds is 6. The summed E-state index contributed by atoms with van der Waals surface area (Å²) in [6.07, 6.45) is 5.59. The third-order valence-corrected chi connectivity index (χ3v) is 5.69. The Morgan fingerprint density at radius 1 is 1.38 bits per heavy atom. The van der Waals surface area contributed by atoms with Crippen LogP contribution in [0.2, 0.25) is 0 Å². The Kier molecular flexibility index (Phi) is 5.06. The van der Waals surface area contributed by atoms with Gasteiger partial charge in [0, 0.05) is 23.5 Å². The number of hydrogen-bond acceptors (Lipinski definition) is 4. The molecule has 0 N–H and O–H groups in total. The predicted molar refractivity (Wildman–Crippen MR) is 98.5 cm³/mol. The number of esters is 1. The van der Waals surface area contributed by atoms with Gasteiger partial charge in [0.25, 0.3) is 0 Å². The maximum atomic E-state index is 11.9. The van der Waals surface area contributed by atoms with Crippen LogP contribution in [0, 0.1) is 13.8 Å². The summed E-state index contributed by atoms with van der Waals surface area (Å²) in [4.78, 5) is 24.3. The second-order valence-electron chi connectivity index (χ2n) is 5.90. The molecule has 0 bridgehead atoms. The molecule has 24 heavy (non-hydrogen) atoms. The highest BCUT2D eigenvalue weighted by Gasteiger charge is 2.26. The van der Waals surface area contributed by atoms with Crippen molar-refractivity contribution >= 4 is 45.1 Å². The lowest BCUT2D eigenvalue weighted by Crippen LogP contribution is -2.11. The summed E-state index contributed by atoms with van der Waals surface area (Å²) in [7, 11) is 0. The number of carbonyl (C=O) groups excluding carboxylic acids is 2. The maximum Gasteiger partial charge on any atom is 0.331 e. The number of thiophene rings is 1. The molecule has 126 valence electrons. The molecule has 2 heterocycles. The van der Waals surface area contributed by atoms with Crippen LogP contribution in [-0.4, -0.2) is 22.9 Å². The topological polar surface area (TPSA) is 48.3 Å². The highest BCUT2D eigenvalue weighted by molar-refractivity contribution is 9.11. The van der Waals surface area contributed by atoms with E-state index in [2.05, 4.69) is 40.4 Å². The molecule has 3 rings (SSSR count). The normalized spacial score (nSPS) is 14.3. The van der Waals surface area contributed by atoms with E-state index in [9.17, 15) is 9.59 Å². The number of Topliss-reactive ketones (excluding diaryl/α,β-unsaturated/α-hetero) is 1. The van der Waals surface area contributed by atoms with Gasteiger partial charge in [-0.3, -0.25) is 4.79 Å². The Bertz CT molecular complexity index is 814. The van der Waals surface area contributed by atoms with Crippen molar-refractivity contribution in [3.8, 4) is 0 Å². The number of halogens is 1. The molecule has 4 nitrogen and oxygen atoms in total. The van der Waals surface area contributed by atoms with Crippen molar-refractivity contribution in [1.29, 1.82) is 0 Å². The largest absolute Gasteiger partial charge is 0.454 e. The molecule has 0 amide bonds. The van der Waals surface area contributed by atoms with E-state index in [0.717, 1.165) is 9.35 Å². The van der Waals surface area contributed by atoms with Crippen LogP contribution in [0.1, 0.15) is 45.5 Å². The van der Waals surface area contributed by atoms with Crippen molar-refractivity contribution < 1.29 is 14.3 Å². The van der Waals surface area contributed by atoms with Gasteiger partial charge in [-0.1, -0.05) is 0 Å². The van der Waals surface area contributed by atoms with Crippen LogP contribution in [-0.2, 0) is 9.53 Å². The smallest absolute Gasteiger partial charge is 0.331 e. The highest BCUT2D eigenvalue weighted by Crippen LogP contribution is 2.38. The van der Waals surface area contributed by atoms with Crippen LogP contribution in [0.3, 0.4) is 0 Å². The molecule has 1 fully saturated rings. The summed E-state index contributed by atoms with van der Waals surface area (Å²) in [6.45, 7) is 3.91. The molecule has 2 aromatic rings. The van der Waals surface area contributed by atoms with Gasteiger partial charge in [-0.05, 0) is 72.5 Å². The van der Waals surface area contributed by atoms with Crippen molar-refractivity contribution in [3.63, 3.8) is 0 Å². The van der Waals surface area contributed by atoms with E-state index < -0.39 is 5.97 Å². The van der Waals surface area contributed by atoms with Crippen LogP contribution >= 0.6 is 27.3 Å². The van der Waals surface area contributed by atoms with E-state index in [1.165, 1.54) is 41.6 Å². The number of nitrogens with zero attached hydrogens (tertiary/aromatic N) is 1. The molecule has 0 radical (unpaired) electrons. The zero-order chi connectivity index (χ0) is 17.3. The Labute approximate surface area is 153 Å². The molecular formula is C18H18BrNO3S. The molecule has 1 aliphatic rings. The standard InChI is InChI=1S/C18H18BrNO3S/c1-11-9-13(12(2)20(11)14-4-5-14)3-8-18(22)23-10-15(21)16-6-7-17(19)24-16/h3,6-9,14H,4-5,10H2,1-2H3/b8-3+. The number of carbonyl (C=O) groups is 2. The van der Waals surface area contributed by atoms with Crippen LogP contribution in [0.4, 0.5) is 0 Å². The van der Waals surface area contributed by atoms with Gasteiger partial charge in [0.15, 0.2) is 6.61 Å². The lowest BCUT2D eigenvalue weighted by atomic mass is 10.2. The van der Waals surface area contributed by atoms with Crippen LogP contribution in [0.5, 0.6) is 0 Å². The highest BCUT2D eigenvalue weighted by atomic mass is 79.9. The van der Waals surface area contributed by atoms with Crippen LogP contribution in [0.15, 0.2) is 28.1 Å². The third kappa shape index (κ3) is 3.87. The first-order chi connectivity index (χ1) is 11.5. The second kappa shape index (κ2) is 7.07. The minimum atomic E-state index is -0.504. The molecule has 0 spiro atoms. The van der Waals surface area contributed by atoms with E-state index in [1.807, 2.05) is 0 Å². The fourth-order valence-electron chi connectivity index (χ4n) is 2.74. The molecule has 0 aromatic carbocycles. The first-order valence-corrected chi connectivity index (χ1v) is 9.38. The van der Waals surface area contributed by atoms with E-state index in [4.69, 9.17) is 4.74 Å². The Morgan fingerprint density at radius 3 is 2.75 bits per heavy atom. The lowest BCUT2D eigenvalue weighted by molar-refractivity contribution is -0.136. The summed E-state index contributed by atoms with van der Waals surface area (Å²) >= 11 is 4.63. The minimum absolute atomic E-state index is 0.195. The summed E-state index contributed by atoms with van der Waals surface area (Å²) in [5.74, 6) is -0.699. The molecular weight excluding hydrogens is 390 g/mol. The van der Waals surface area contributed by atoms with Gasteiger partial charge in [-0.25, -0.2) is 4.79 Å². The number of hydrogen-bond donors (Lipinski definition) is 0. The predicted octanol–water partition coefficient (Wildman–Crippen LogP) is 4.70. The van der Waals surface area contributed by atoms with Crippen LogP contribution < -0.4 is 0 Å². The molecule has 0 unspecified atom stereocenters. The van der Waals surface area contributed by atoms with Gasteiger partial charge in [-0.15, -0.1) is 11.3 Å². The third-order valence-electron chi connectivity index (χ3n) is 4.03. The SMILES string of the molecule is Cc1cc(/C=C/C(=O)OCC(=O)c2ccc(Br)s2)c(C)n1C1CC1. The molecule has 2 aromatic heterocycles. The lowest BCUT2D eigenvalue weighted by Gasteiger charge is -2.06. The summed E-state index contributed by atoms with van der Waals surface area (Å²) in [5.41, 5.74) is 3.39. The Hall–Kier alpha value is -1.66. The van der Waals surface area contributed by atoms with Gasteiger partial charge in [0.1, 0.15) is 0 Å². The quantitative estimate of drug-likeness (QED) is 0.395. The second-order valence-corrected chi connectivity index (χ2v) is 8.36. The first kappa shape index (κ1) is 17.2. The molecule has 0 aliphatic heterocycles. The van der Waals surface area contributed by atoms with E-state index in [-0.39, 0.29) is 12.4 Å². The zero-order valence-electron chi connectivity index (χ0n) is 13.5. The number of ether oxygens (including phenoxy) is 1. The van der Waals surface area contributed by atoms with Gasteiger partial charge in [0.2, 0.25) is 5.78 Å². The molecule has 6 heteroatoms. The first-order valence-electron chi connectivity index (χ1n) is 7.77. The van der Waals surface area contributed by atoms with Crippen molar-refractivity contribution in [2.45, 2.75) is 32.7 Å². The Morgan fingerprint density at radius 2 is 2.12 bits per heavy atom. The van der Waals surface area contributed by atoms with Crippen molar-refractivity contribution in [2.24, 2.45) is 0 Å². The fraction of sp³-hybridized carbons (Fsp3) is 0.333. The maximum absolute atomic E-state index is 11.9. The average Bonchev–Trinajstić information content (AvgIpc) is 3.21. The van der Waals surface area contributed by atoms with E-state index in [1.54, 1.807) is 18.2 Å². The van der Waals surface area contributed by atoms with Crippen molar-refractivity contribution in [3.05, 3.63) is 49.9 Å². The average molecular weight is 408 g/mol.